The molecule has 1 saturated carbocycles. The number of pyridine rings is 1. The van der Waals surface area contributed by atoms with E-state index in [1.165, 1.54) is 29.7 Å². The van der Waals surface area contributed by atoms with Crippen LogP contribution in [0, 0.1) is 11.8 Å². The molecule has 2 aliphatic rings. The molecule has 0 radical (unpaired) electrons. The van der Waals surface area contributed by atoms with Crippen LogP contribution in [-0.2, 0) is 33.1 Å². The number of halogens is 1. The number of benzene rings is 3. The predicted octanol–water partition coefficient (Wildman–Crippen LogP) is 6.83. The molecule has 5 aromatic rings. The number of carboxylic acid groups (broad SMARTS) is 1. The lowest BCUT2D eigenvalue weighted by atomic mass is 9.99. The molecular formula is C39H43ClN4O4. The minimum absolute atomic E-state index is 0. The molecule has 3 N–H and O–H groups in total. The fourth-order valence-corrected chi connectivity index (χ4v) is 8.10. The van der Waals surface area contributed by atoms with Crippen LogP contribution in [0.1, 0.15) is 52.5 Å². The van der Waals surface area contributed by atoms with Gasteiger partial charge in [0, 0.05) is 68.0 Å². The number of nitrogens with one attached hydrogen (secondary N) is 1. The van der Waals surface area contributed by atoms with Crippen molar-refractivity contribution in [3.63, 3.8) is 0 Å². The van der Waals surface area contributed by atoms with Crippen molar-refractivity contribution >= 4 is 29.3 Å². The summed E-state index contributed by atoms with van der Waals surface area (Å²) in [6, 6.07) is 30.4. The van der Waals surface area contributed by atoms with Crippen LogP contribution in [0.4, 0.5) is 0 Å². The summed E-state index contributed by atoms with van der Waals surface area (Å²) in [5, 5.41) is 21.1. The molecule has 0 bridgehead atoms. The number of nitrogens with zero attached hydrogens (tertiary/aromatic N) is 3. The normalized spacial score (nSPS) is 19.1. The number of aromatic amines is 1. The maximum absolute atomic E-state index is 12.6. The largest absolute Gasteiger partial charge is 0.506 e. The summed E-state index contributed by atoms with van der Waals surface area (Å²) in [6.07, 6.45) is 2.83. The second-order valence-electron chi connectivity index (χ2n) is 13.4. The van der Waals surface area contributed by atoms with Crippen LogP contribution in [0.15, 0.2) is 89.7 Å². The van der Waals surface area contributed by atoms with Gasteiger partial charge in [0.05, 0.1) is 5.69 Å². The minimum Gasteiger partial charge on any atom is -0.506 e. The van der Waals surface area contributed by atoms with Crippen molar-refractivity contribution in [2.24, 2.45) is 18.9 Å². The number of aromatic hydroxyl groups is 1. The molecule has 1 saturated heterocycles. The van der Waals surface area contributed by atoms with Crippen molar-refractivity contribution in [1.82, 2.24) is 19.4 Å². The quantitative estimate of drug-likeness (QED) is 0.151. The topological polar surface area (TPSA) is 102 Å². The molecule has 3 heterocycles. The van der Waals surface area contributed by atoms with E-state index in [4.69, 9.17) is 0 Å². The lowest BCUT2D eigenvalue weighted by Crippen LogP contribution is -2.34. The Morgan fingerprint density at radius 1 is 0.917 bits per heavy atom. The maximum atomic E-state index is 12.6. The van der Waals surface area contributed by atoms with E-state index < -0.39 is 22.8 Å². The Balaban J connectivity index is 0.00000401. The predicted molar refractivity (Wildman–Crippen MR) is 192 cm³/mol. The molecule has 2 aromatic heterocycles. The van der Waals surface area contributed by atoms with Gasteiger partial charge in [-0.25, -0.2) is 4.79 Å². The average Bonchev–Trinajstić information content (AvgIpc) is 3.72. The molecule has 7 rings (SSSR count). The van der Waals surface area contributed by atoms with E-state index in [0.29, 0.717) is 35.6 Å². The number of aromatic carboxylic acids is 1. The van der Waals surface area contributed by atoms with Gasteiger partial charge in [-0.3, -0.25) is 14.6 Å². The van der Waals surface area contributed by atoms with Crippen molar-refractivity contribution in [2.75, 3.05) is 13.1 Å². The molecule has 2 fully saturated rings. The molecule has 1 aliphatic carbocycles. The number of carboxylic acids is 1. The molecule has 3 atom stereocenters. The van der Waals surface area contributed by atoms with Gasteiger partial charge < -0.3 is 19.8 Å². The summed E-state index contributed by atoms with van der Waals surface area (Å²) >= 11 is 0. The summed E-state index contributed by atoms with van der Waals surface area (Å²) in [5.41, 5.74) is 5.27. The molecule has 0 amide bonds. The molecule has 250 valence electrons. The van der Waals surface area contributed by atoms with Gasteiger partial charge in [-0.2, -0.15) is 0 Å². The molecular weight excluding hydrogens is 624 g/mol. The smallest absolute Gasteiger partial charge is 0.345 e. The Labute approximate surface area is 287 Å². The Morgan fingerprint density at radius 3 is 2.08 bits per heavy atom. The Kier molecular flexibility index (Phi) is 9.78. The first-order chi connectivity index (χ1) is 22.8. The van der Waals surface area contributed by atoms with Gasteiger partial charge in [-0.05, 0) is 66.0 Å². The van der Waals surface area contributed by atoms with Crippen LogP contribution in [-0.4, -0.2) is 54.7 Å². The Hall–Kier alpha value is -4.37. The second kappa shape index (κ2) is 14.0. The van der Waals surface area contributed by atoms with Crippen molar-refractivity contribution in [2.45, 2.75) is 51.9 Å². The maximum Gasteiger partial charge on any atom is 0.345 e. The monoisotopic (exact) mass is 666 g/mol. The van der Waals surface area contributed by atoms with E-state index in [0.717, 1.165) is 49.2 Å². The lowest BCUT2D eigenvalue weighted by molar-refractivity contribution is 0.0691. The SMILES string of the molecule is CCc1c(-c2ccc3c(c2)cc(CN2C[C@H]4CC(N(Cc5ccccc5)Cc5ccccc5)C[C@H]4C2)n3C)[nH]c(=O)c(C(=O)O)c1O.Cl. The number of H-pyrrole nitrogens is 1. The number of rotatable bonds is 10. The third kappa shape index (κ3) is 6.52. The van der Waals surface area contributed by atoms with Crippen LogP contribution in [0.3, 0.4) is 0 Å². The van der Waals surface area contributed by atoms with Crippen molar-refractivity contribution < 1.29 is 15.0 Å². The third-order valence-electron chi connectivity index (χ3n) is 10.4. The third-order valence-corrected chi connectivity index (χ3v) is 10.4. The lowest BCUT2D eigenvalue weighted by Gasteiger charge is -2.30. The molecule has 48 heavy (non-hydrogen) atoms. The van der Waals surface area contributed by atoms with E-state index in [9.17, 15) is 19.8 Å². The number of hydrogen-bond acceptors (Lipinski definition) is 5. The summed E-state index contributed by atoms with van der Waals surface area (Å²) in [4.78, 5) is 32.2. The Morgan fingerprint density at radius 2 is 1.52 bits per heavy atom. The zero-order valence-electron chi connectivity index (χ0n) is 27.4. The van der Waals surface area contributed by atoms with Gasteiger partial charge in [0.15, 0.2) is 5.56 Å². The number of aryl methyl sites for hydroxylation is 1. The highest BCUT2D eigenvalue weighted by Crippen LogP contribution is 2.42. The summed E-state index contributed by atoms with van der Waals surface area (Å²) in [6.45, 7) is 6.86. The van der Waals surface area contributed by atoms with Gasteiger partial charge in [0.2, 0.25) is 0 Å². The standard InChI is InChI=1S/C39H42N4O4.ClH/c1-3-33-36(40-38(45)35(37(33)44)39(46)47)27-14-15-34-28(16-27)17-32(41(34)2)24-42-22-29-18-31(19-30(29)23-42)43(20-25-10-6-4-7-11-25)21-26-12-8-5-9-13-26;/h4-17,29-31H,3,18-24H2,1-2H3,(H,46,47)(H2,40,44,45);1H/t29-,30+,31?;. The first-order valence-corrected chi connectivity index (χ1v) is 16.6. The number of hydrogen-bond donors (Lipinski definition) is 3. The highest BCUT2D eigenvalue weighted by atomic mass is 35.5. The molecule has 8 nitrogen and oxygen atoms in total. The second-order valence-corrected chi connectivity index (χ2v) is 13.4. The van der Waals surface area contributed by atoms with E-state index in [1.54, 1.807) is 0 Å². The van der Waals surface area contributed by atoms with E-state index in [-0.39, 0.29) is 12.4 Å². The number of fused-ring (bicyclic) bond motifs is 2. The van der Waals surface area contributed by atoms with Crippen LogP contribution < -0.4 is 5.56 Å². The van der Waals surface area contributed by atoms with Crippen LogP contribution in [0.25, 0.3) is 22.2 Å². The van der Waals surface area contributed by atoms with E-state index >= 15 is 0 Å². The van der Waals surface area contributed by atoms with Gasteiger partial charge in [-0.15, -0.1) is 12.4 Å². The van der Waals surface area contributed by atoms with Crippen LogP contribution in [0.5, 0.6) is 5.75 Å². The first kappa shape index (κ1) is 33.5. The number of aromatic nitrogens is 2. The van der Waals surface area contributed by atoms with Gasteiger partial charge in [-0.1, -0.05) is 73.7 Å². The molecule has 9 heteroatoms. The zero-order chi connectivity index (χ0) is 32.7. The van der Waals surface area contributed by atoms with Crippen LogP contribution >= 0.6 is 12.4 Å². The van der Waals surface area contributed by atoms with Gasteiger partial charge in [0.1, 0.15) is 5.75 Å². The molecule has 1 unspecified atom stereocenters. The van der Waals surface area contributed by atoms with Crippen molar-refractivity contribution in [1.29, 1.82) is 0 Å². The van der Waals surface area contributed by atoms with Gasteiger partial charge >= 0.3 is 5.97 Å². The highest BCUT2D eigenvalue weighted by Gasteiger charge is 2.42. The average molecular weight is 667 g/mol. The molecule has 1 aliphatic heterocycles. The van der Waals surface area contributed by atoms with Crippen molar-refractivity contribution in [3.05, 3.63) is 123 Å². The Bertz CT molecular complexity index is 1920. The fourth-order valence-electron chi connectivity index (χ4n) is 8.10. The fraction of sp³-hybridized carbons (Fsp3) is 0.333. The number of carbonyl (C=O) groups is 1. The first-order valence-electron chi connectivity index (χ1n) is 16.6. The van der Waals surface area contributed by atoms with E-state index in [1.807, 2.05) is 25.1 Å². The molecule has 0 spiro atoms. The highest BCUT2D eigenvalue weighted by molar-refractivity contribution is 5.92. The zero-order valence-corrected chi connectivity index (χ0v) is 28.2. The number of likely N-dealkylation sites (tertiary alicyclic amines) is 1. The van der Waals surface area contributed by atoms with E-state index in [2.05, 4.69) is 93.1 Å². The van der Waals surface area contributed by atoms with Gasteiger partial charge in [0.25, 0.3) is 5.56 Å². The van der Waals surface area contributed by atoms with Crippen molar-refractivity contribution in [3.8, 4) is 17.0 Å². The minimum atomic E-state index is -1.44. The molecule has 3 aromatic carbocycles. The summed E-state index contributed by atoms with van der Waals surface area (Å²) < 4.78 is 2.24. The summed E-state index contributed by atoms with van der Waals surface area (Å²) in [5.74, 6) is -0.508. The van der Waals surface area contributed by atoms with Crippen LogP contribution in [0.2, 0.25) is 0 Å². The summed E-state index contributed by atoms with van der Waals surface area (Å²) in [7, 11) is 2.10.